The number of hydrogen-bond acceptors (Lipinski definition) is 4. The Balaban J connectivity index is -0.000000107. The van der Waals surface area contributed by atoms with Crippen LogP contribution in [0, 0.1) is 0 Å². The molecule has 0 aromatic rings. The van der Waals surface area contributed by atoms with E-state index in [4.69, 9.17) is 0 Å². The molecule has 4 nitrogen and oxygen atoms in total. The largest absolute Gasteiger partial charge is 2.00 e. The predicted octanol–water partition coefficient (Wildman–Crippen LogP) is 0.215. The van der Waals surface area contributed by atoms with Crippen molar-refractivity contribution in [2.45, 2.75) is 13.8 Å². The zero-order valence-electron chi connectivity index (χ0n) is 6.24. The topological polar surface area (TPSA) is 80.3 Å². The van der Waals surface area contributed by atoms with E-state index in [2.05, 4.69) is 0 Å². The first-order valence-electron chi connectivity index (χ1n) is 2.78. The molecule has 0 aromatic carbocycles. The van der Waals surface area contributed by atoms with E-state index >= 15 is 0 Å². The summed E-state index contributed by atoms with van der Waals surface area (Å²) in [7, 11) is -4.20. The van der Waals surface area contributed by atoms with E-state index in [1.165, 1.54) is 0 Å². The molecular formula is C4H10CuO4P2+2. The molecule has 2 atom stereocenters. The molecule has 69 valence electrons. The van der Waals surface area contributed by atoms with E-state index < -0.39 is 16.1 Å². The minimum Gasteiger partial charge on any atom is -0.596 e. The third-order valence-electron chi connectivity index (χ3n) is 0.516. The van der Waals surface area contributed by atoms with Crippen LogP contribution in [0.5, 0.6) is 0 Å². The smallest absolute Gasteiger partial charge is 0.596 e. The predicted molar refractivity (Wildman–Crippen MR) is 36.3 cm³/mol. The number of hydrogen-bond donors (Lipinski definition) is 0. The Labute approximate surface area is 78.6 Å². The molecule has 0 bridgehead atoms. The summed E-state index contributed by atoms with van der Waals surface area (Å²) in [6.07, 6.45) is 0.519. The Morgan fingerprint density at radius 2 is 1.09 bits per heavy atom. The van der Waals surface area contributed by atoms with Crippen LogP contribution in [0.25, 0.3) is 0 Å². The van der Waals surface area contributed by atoms with Crippen molar-refractivity contribution in [3.05, 3.63) is 0 Å². The minimum absolute atomic E-state index is 0. The summed E-state index contributed by atoms with van der Waals surface area (Å²) in [4.78, 5) is 18.8. The van der Waals surface area contributed by atoms with Crippen LogP contribution in [0.4, 0.5) is 0 Å². The van der Waals surface area contributed by atoms with E-state index in [1.54, 1.807) is 13.8 Å². The van der Waals surface area contributed by atoms with Gasteiger partial charge in [0.05, 0.1) is 0 Å². The third kappa shape index (κ3) is 36.9. The van der Waals surface area contributed by atoms with E-state index in [9.17, 15) is 18.9 Å². The van der Waals surface area contributed by atoms with Gasteiger partial charge in [0.1, 0.15) is 12.3 Å². The quantitative estimate of drug-likeness (QED) is 0.516. The fraction of sp³-hybridized carbons (Fsp3) is 1.00. The van der Waals surface area contributed by atoms with Crippen LogP contribution in [-0.4, -0.2) is 12.3 Å². The van der Waals surface area contributed by atoms with Crippen molar-refractivity contribution in [2.24, 2.45) is 0 Å². The zero-order chi connectivity index (χ0) is 8.57. The Kier molecular flexibility index (Phi) is 21.3. The van der Waals surface area contributed by atoms with E-state index in [0.717, 1.165) is 0 Å². The third-order valence-corrected chi connectivity index (χ3v) is 1.55. The SMILES string of the molecule is CC[P+](=O)[O-].CC[P+](=O)[O-].[Cu+2]. The van der Waals surface area contributed by atoms with Gasteiger partial charge in [-0.3, -0.25) is 0 Å². The molecule has 0 saturated heterocycles. The summed E-state index contributed by atoms with van der Waals surface area (Å²) < 4.78 is 18.8. The first-order valence-corrected chi connectivity index (χ1v) is 5.50. The van der Waals surface area contributed by atoms with Crippen molar-refractivity contribution in [3.8, 4) is 0 Å². The average Bonchev–Trinajstić information content (AvgIpc) is 1.89. The molecule has 0 spiro atoms. The molecular weight excluding hydrogens is 238 g/mol. The second-order valence-electron chi connectivity index (χ2n) is 1.30. The van der Waals surface area contributed by atoms with E-state index in [0.29, 0.717) is 0 Å². The van der Waals surface area contributed by atoms with Crippen LogP contribution in [0.2, 0.25) is 0 Å². The van der Waals surface area contributed by atoms with Crippen LogP contribution < -0.4 is 9.79 Å². The standard InChI is InChI=1S/2C2H5O2P.Cu/c2*1-2-5(3)4;/h2*2H2,1H3;/q;;+2. The van der Waals surface area contributed by atoms with Crippen molar-refractivity contribution < 1.29 is 36.0 Å². The van der Waals surface area contributed by atoms with Crippen LogP contribution >= 0.6 is 16.1 Å². The van der Waals surface area contributed by atoms with Gasteiger partial charge in [-0.1, -0.05) is 9.13 Å². The first-order chi connectivity index (χ1) is 4.54. The molecule has 0 fully saturated rings. The van der Waals surface area contributed by atoms with Gasteiger partial charge in [0.25, 0.3) is 0 Å². The van der Waals surface area contributed by atoms with Gasteiger partial charge in [0.2, 0.25) is 0 Å². The molecule has 0 aliphatic heterocycles. The van der Waals surface area contributed by atoms with Gasteiger partial charge >= 0.3 is 33.1 Å². The maximum absolute atomic E-state index is 9.41. The normalized spacial score (nSPS) is 10.2. The number of rotatable bonds is 2. The molecule has 7 heteroatoms. The molecule has 0 aliphatic rings. The van der Waals surface area contributed by atoms with Crippen LogP contribution in [-0.2, 0) is 26.2 Å². The van der Waals surface area contributed by atoms with Crippen LogP contribution in [0.15, 0.2) is 0 Å². The van der Waals surface area contributed by atoms with Crippen molar-refractivity contribution in [1.29, 1.82) is 0 Å². The van der Waals surface area contributed by atoms with Crippen molar-refractivity contribution in [1.82, 2.24) is 0 Å². The van der Waals surface area contributed by atoms with Gasteiger partial charge in [-0.15, -0.1) is 0 Å². The van der Waals surface area contributed by atoms with Crippen molar-refractivity contribution in [3.63, 3.8) is 0 Å². The minimum atomic E-state index is -2.10. The molecule has 0 amide bonds. The summed E-state index contributed by atoms with van der Waals surface area (Å²) >= 11 is 0. The monoisotopic (exact) mass is 247 g/mol. The molecule has 0 aromatic heterocycles. The Hall–Kier alpha value is 0.639. The summed E-state index contributed by atoms with van der Waals surface area (Å²) in [5.74, 6) is 0. The van der Waals surface area contributed by atoms with Gasteiger partial charge in [-0.2, -0.15) is 0 Å². The Morgan fingerprint density at radius 1 is 1.00 bits per heavy atom. The fourth-order valence-electron chi connectivity index (χ4n) is 0. The summed E-state index contributed by atoms with van der Waals surface area (Å²) in [5, 5.41) is 0. The molecule has 1 radical (unpaired) electrons. The van der Waals surface area contributed by atoms with E-state index in [-0.39, 0.29) is 29.4 Å². The van der Waals surface area contributed by atoms with Crippen molar-refractivity contribution in [2.75, 3.05) is 12.3 Å². The van der Waals surface area contributed by atoms with Crippen LogP contribution in [0.3, 0.4) is 0 Å². The fourth-order valence-corrected chi connectivity index (χ4v) is 0. The van der Waals surface area contributed by atoms with Gasteiger partial charge in [0.15, 0.2) is 0 Å². The van der Waals surface area contributed by atoms with E-state index in [1.807, 2.05) is 0 Å². The molecule has 0 saturated carbocycles. The van der Waals surface area contributed by atoms with Gasteiger partial charge in [0, 0.05) is 0 Å². The molecule has 0 rings (SSSR count). The maximum Gasteiger partial charge on any atom is 2.00 e. The average molecular weight is 248 g/mol. The molecule has 0 aliphatic carbocycles. The second-order valence-corrected chi connectivity index (χ2v) is 3.89. The Bertz CT molecular complexity index is 105. The first kappa shape index (κ1) is 17.7. The molecule has 0 heterocycles. The molecule has 0 N–H and O–H groups in total. The molecule has 2 unspecified atom stereocenters. The maximum atomic E-state index is 9.41. The summed E-state index contributed by atoms with van der Waals surface area (Å²) in [6, 6.07) is 0. The van der Waals surface area contributed by atoms with Gasteiger partial charge < -0.3 is 9.79 Å². The summed E-state index contributed by atoms with van der Waals surface area (Å²) in [6.45, 7) is 3.21. The zero-order valence-corrected chi connectivity index (χ0v) is 8.97. The molecule has 11 heavy (non-hydrogen) atoms. The van der Waals surface area contributed by atoms with Crippen LogP contribution in [0.1, 0.15) is 13.8 Å². The summed E-state index contributed by atoms with van der Waals surface area (Å²) in [5.41, 5.74) is 0. The van der Waals surface area contributed by atoms with Gasteiger partial charge in [-0.05, 0) is 13.8 Å². The Morgan fingerprint density at radius 3 is 1.09 bits per heavy atom. The van der Waals surface area contributed by atoms with Gasteiger partial charge in [-0.25, -0.2) is 0 Å². The second kappa shape index (κ2) is 13.2. The van der Waals surface area contributed by atoms with Crippen molar-refractivity contribution >= 4 is 16.1 Å².